The Balaban J connectivity index is 0.00000240. The van der Waals surface area contributed by atoms with Crippen LogP contribution in [0.5, 0.6) is 0 Å². The summed E-state index contributed by atoms with van der Waals surface area (Å²) < 4.78 is 27.0. The fourth-order valence-corrected chi connectivity index (χ4v) is 5.28. The molecule has 0 spiro atoms. The van der Waals surface area contributed by atoms with Gasteiger partial charge in [-0.3, -0.25) is 4.79 Å². The molecule has 1 aliphatic rings. The van der Waals surface area contributed by atoms with E-state index in [2.05, 4.69) is 15.3 Å². The molecular weight excluding hydrogens is 416 g/mol. The lowest BCUT2D eigenvalue weighted by Crippen LogP contribution is -2.29. The molecule has 10 heteroatoms. The maximum atomic E-state index is 12.8. The average Bonchev–Trinajstić information content (AvgIpc) is 3.36. The van der Waals surface area contributed by atoms with E-state index in [-0.39, 0.29) is 27.5 Å². The summed E-state index contributed by atoms with van der Waals surface area (Å²) in [6, 6.07) is 11.9. The average molecular weight is 437 g/mol. The number of imidazole rings is 1. The van der Waals surface area contributed by atoms with Crippen LogP contribution in [-0.4, -0.2) is 47.2 Å². The van der Waals surface area contributed by atoms with Crippen molar-refractivity contribution in [1.82, 2.24) is 19.6 Å². The van der Waals surface area contributed by atoms with E-state index in [0.29, 0.717) is 18.9 Å². The van der Waals surface area contributed by atoms with Gasteiger partial charge < -0.3 is 15.8 Å². The highest BCUT2D eigenvalue weighted by atomic mass is 35.5. The Morgan fingerprint density at radius 2 is 1.90 bits per heavy atom. The molecule has 1 aromatic heterocycles. The number of fused-ring (bicyclic) bond motifs is 1. The smallest absolute Gasteiger partial charge is 0.251 e. The van der Waals surface area contributed by atoms with Gasteiger partial charge in [0.15, 0.2) is 0 Å². The number of para-hydroxylation sites is 2. The molecule has 0 aliphatic carbocycles. The van der Waals surface area contributed by atoms with Crippen LogP contribution in [0, 0.1) is 0 Å². The first-order valence-electron chi connectivity index (χ1n) is 8.97. The van der Waals surface area contributed by atoms with Gasteiger partial charge in [-0.1, -0.05) is 23.7 Å². The number of aromatic amines is 1. The number of carbonyl (C=O) groups excluding carboxylic acids is 1. The second kappa shape index (κ2) is 8.50. The van der Waals surface area contributed by atoms with Crippen LogP contribution in [-0.2, 0) is 16.6 Å². The molecule has 0 saturated carbocycles. The number of amides is 1. The highest BCUT2D eigenvalue weighted by Crippen LogP contribution is 2.28. The molecule has 0 atom stereocenters. The zero-order chi connectivity index (χ0) is 19.7. The Hall–Kier alpha value is -2.46. The number of nitrogens with one attached hydrogen (secondary N) is 2. The van der Waals surface area contributed by atoms with Crippen molar-refractivity contribution in [3.63, 3.8) is 0 Å². The molecule has 154 valence electrons. The third kappa shape index (κ3) is 4.27. The predicted molar refractivity (Wildman–Crippen MR) is 110 cm³/mol. The SMILES string of the molecule is O.O=C(NCc1nc2ccccc2[nH]1)c1ccc(Cl)c(S(=O)(=O)N2CCCC2)c1. The van der Waals surface area contributed by atoms with E-state index in [4.69, 9.17) is 11.6 Å². The van der Waals surface area contributed by atoms with Crippen molar-refractivity contribution in [3.05, 3.63) is 58.9 Å². The van der Waals surface area contributed by atoms with E-state index in [1.807, 2.05) is 24.3 Å². The Labute approximate surface area is 173 Å². The summed E-state index contributed by atoms with van der Waals surface area (Å²) in [6.45, 7) is 1.15. The Morgan fingerprint density at radius 1 is 1.17 bits per heavy atom. The fraction of sp³-hybridized carbons (Fsp3) is 0.263. The number of nitrogens with zero attached hydrogens (tertiary/aromatic N) is 2. The van der Waals surface area contributed by atoms with E-state index >= 15 is 0 Å². The molecule has 1 saturated heterocycles. The highest BCUT2D eigenvalue weighted by molar-refractivity contribution is 7.89. The Bertz CT molecular complexity index is 1110. The lowest BCUT2D eigenvalue weighted by atomic mass is 10.2. The van der Waals surface area contributed by atoms with Gasteiger partial charge in [0.05, 0.1) is 22.6 Å². The summed E-state index contributed by atoms with van der Waals surface area (Å²) in [5, 5.41) is 2.87. The molecule has 0 bridgehead atoms. The van der Waals surface area contributed by atoms with Crippen molar-refractivity contribution < 1.29 is 18.7 Å². The minimum absolute atomic E-state index is 0. The van der Waals surface area contributed by atoms with E-state index in [0.717, 1.165) is 23.9 Å². The van der Waals surface area contributed by atoms with Gasteiger partial charge in [0.1, 0.15) is 10.7 Å². The topological polar surface area (TPSA) is 127 Å². The van der Waals surface area contributed by atoms with Gasteiger partial charge >= 0.3 is 0 Å². The van der Waals surface area contributed by atoms with E-state index in [1.54, 1.807) is 0 Å². The van der Waals surface area contributed by atoms with E-state index < -0.39 is 15.9 Å². The van der Waals surface area contributed by atoms with Crippen LogP contribution in [0.3, 0.4) is 0 Å². The van der Waals surface area contributed by atoms with Crippen molar-refractivity contribution >= 4 is 38.6 Å². The molecule has 0 unspecified atom stereocenters. The summed E-state index contributed by atoms with van der Waals surface area (Å²) in [6.07, 6.45) is 1.66. The number of rotatable bonds is 5. The number of aromatic nitrogens is 2. The maximum absolute atomic E-state index is 12.8. The minimum Gasteiger partial charge on any atom is -0.412 e. The van der Waals surface area contributed by atoms with Crippen molar-refractivity contribution in [2.24, 2.45) is 0 Å². The van der Waals surface area contributed by atoms with Crippen LogP contribution in [0.25, 0.3) is 11.0 Å². The lowest BCUT2D eigenvalue weighted by molar-refractivity contribution is 0.0949. The lowest BCUT2D eigenvalue weighted by Gasteiger charge is -2.17. The molecule has 3 aromatic rings. The summed E-state index contributed by atoms with van der Waals surface area (Å²) in [5.41, 5.74) is 1.94. The van der Waals surface area contributed by atoms with Crippen LogP contribution in [0.1, 0.15) is 29.0 Å². The monoisotopic (exact) mass is 436 g/mol. The van der Waals surface area contributed by atoms with Gasteiger partial charge in [-0.15, -0.1) is 0 Å². The minimum atomic E-state index is -3.71. The molecule has 29 heavy (non-hydrogen) atoms. The molecule has 8 nitrogen and oxygen atoms in total. The zero-order valence-corrected chi connectivity index (χ0v) is 17.1. The molecule has 4 N–H and O–H groups in total. The van der Waals surface area contributed by atoms with Gasteiger partial charge in [-0.05, 0) is 43.2 Å². The van der Waals surface area contributed by atoms with Gasteiger partial charge in [0.2, 0.25) is 10.0 Å². The van der Waals surface area contributed by atoms with Gasteiger partial charge in [-0.25, -0.2) is 13.4 Å². The van der Waals surface area contributed by atoms with Crippen LogP contribution >= 0.6 is 11.6 Å². The molecule has 4 rings (SSSR count). The Morgan fingerprint density at radius 3 is 2.62 bits per heavy atom. The molecule has 1 amide bonds. The third-order valence-electron chi connectivity index (χ3n) is 4.73. The number of carbonyl (C=O) groups is 1. The molecular formula is C19H21ClN4O4S. The standard InChI is InChI=1S/C19H19ClN4O3S.H2O/c20-14-8-7-13(11-17(14)28(26,27)24-9-3-4-10-24)19(25)21-12-18-22-15-5-1-2-6-16(15)23-18;/h1-2,5-8,11H,3-4,9-10,12H2,(H,21,25)(H,22,23);1H2. The molecule has 1 aliphatic heterocycles. The number of sulfonamides is 1. The highest BCUT2D eigenvalue weighted by Gasteiger charge is 2.29. The number of halogens is 1. The first-order valence-corrected chi connectivity index (χ1v) is 10.8. The van der Waals surface area contributed by atoms with E-state index in [1.165, 1.54) is 22.5 Å². The summed E-state index contributed by atoms with van der Waals surface area (Å²) in [7, 11) is -3.71. The number of H-pyrrole nitrogens is 1. The van der Waals surface area contributed by atoms with Crippen molar-refractivity contribution in [3.8, 4) is 0 Å². The van der Waals surface area contributed by atoms with Gasteiger partial charge in [-0.2, -0.15) is 4.31 Å². The number of hydrogen-bond acceptors (Lipinski definition) is 4. The first kappa shape index (κ1) is 21.3. The predicted octanol–water partition coefficient (Wildman–Crippen LogP) is 2.11. The van der Waals surface area contributed by atoms with Crippen molar-refractivity contribution in [1.29, 1.82) is 0 Å². The van der Waals surface area contributed by atoms with Crippen LogP contribution < -0.4 is 5.32 Å². The Kier molecular flexibility index (Phi) is 6.23. The second-order valence-corrected chi connectivity index (χ2v) is 8.95. The summed E-state index contributed by atoms with van der Waals surface area (Å²) in [4.78, 5) is 20.0. The largest absolute Gasteiger partial charge is 0.412 e. The molecule has 2 heterocycles. The normalized spacial score (nSPS) is 14.7. The van der Waals surface area contributed by atoms with Gasteiger partial charge in [0, 0.05) is 18.7 Å². The third-order valence-corrected chi connectivity index (χ3v) is 7.11. The molecule has 2 aromatic carbocycles. The summed E-state index contributed by atoms with van der Waals surface area (Å²) >= 11 is 6.13. The molecule has 1 fully saturated rings. The van der Waals surface area contributed by atoms with Crippen molar-refractivity contribution in [2.75, 3.05) is 13.1 Å². The number of hydrogen-bond donors (Lipinski definition) is 2. The van der Waals surface area contributed by atoms with E-state index in [9.17, 15) is 13.2 Å². The van der Waals surface area contributed by atoms with Crippen LogP contribution in [0.15, 0.2) is 47.4 Å². The quantitative estimate of drug-likeness (QED) is 0.634. The van der Waals surface area contributed by atoms with Crippen LogP contribution in [0.4, 0.5) is 0 Å². The van der Waals surface area contributed by atoms with Crippen LogP contribution in [0.2, 0.25) is 5.02 Å². The summed E-state index contributed by atoms with van der Waals surface area (Å²) in [5.74, 6) is 0.225. The fourth-order valence-electron chi connectivity index (χ4n) is 3.27. The van der Waals surface area contributed by atoms with Gasteiger partial charge in [0.25, 0.3) is 5.91 Å². The second-order valence-electron chi connectivity index (χ2n) is 6.64. The maximum Gasteiger partial charge on any atom is 0.251 e. The first-order chi connectivity index (χ1) is 13.4. The zero-order valence-electron chi connectivity index (χ0n) is 15.5. The van der Waals surface area contributed by atoms with Crippen molar-refractivity contribution in [2.45, 2.75) is 24.3 Å². The molecule has 0 radical (unpaired) electrons. The number of benzene rings is 2.